The lowest BCUT2D eigenvalue weighted by Gasteiger charge is -2.26. The van der Waals surface area contributed by atoms with Crippen LogP contribution in [0, 0.1) is 5.92 Å². The summed E-state index contributed by atoms with van der Waals surface area (Å²) in [6.07, 6.45) is 6.62. The molecule has 1 aliphatic carbocycles. The van der Waals surface area contributed by atoms with Crippen molar-refractivity contribution in [3.63, 3.8) is 0 Å². The van der Waals surface area contributed by atoms with Crippen LogP contribution in [0.15, 0.2) is 29.3 Å². The third-order valence-corrected chi connectivity index (χ3v) is 6.08. The van der Waals surface area contributed by atoms with Gasteiger partial charge in [0.25, 0.3) is 5.91 Å². The Morgan fingerprint density at radius 1 is 1.06 bits per heavy atom. The van der Waals surface area contributed by atoms with Crippen molar-refractivity contribution in [1.82, 2.24) is 20.9 Å². The van der Waals surface area contributed by atoms with Crippen molar-refractivity contribution in [2.75, 3.05) is 33.2 Å². The van der Waals surface area contributed by atoms with Crippen LogP contribution in [0.5, 0.6) is 0 Å². The topological polar surface area (TPSA) is 85.8 Å². The van der Waals surface area contributed by atoms with E-state index < -0.39 is 0 Å². The smallest absolute Gasteiger partial charge is 0.251 e. The van der Waals surface area contributed by atoms with Gasteiger partial charge in [-0.15, -0.1) is 24.0 Å². The number of hydrogen-bond acceptors (Lipinski definition) is 3. The lowest BCUT2D eigenvalue weighted by Crippen LogP contribution is -2.47. The molecular formula is C22H33ClIN5O2. The average Bonchev–Trinajstić information content (AvgIpc) is 3.24. The first-order chi connectivity index (χ1) is 14.6. The Bertz CT molecular complexity index is 753. The molecule has 1 aromatic carbocycles. The Morgan fingerprint density at radius 2 is 1.74 bits per heavy atom. The molecule has 1 aromatic rings. The predicted molar refractivity (Wildman–Crippen MR) is 135 cm³/mol. The maximum Gasteiger partial charge on any atom is 0.251 e. The normalized spacial score (nSPS) is 19.5. The monoisotopic (exact) mass is 561 g/mol. The summed E-state index contributed by atoms with van der Waals surface area (Å²) in [5, 5.41) is 10.1. The molecule has 31 heavy (non-hydrogen) atoms. The molecule has 1 atom stereocenters. The summed E-state index contributed by atoms with van der Waals surface area (Å²) >= 11 is 5.85. The van der Waals surface area contributed by atoms with Gasteiger partial charge in [-0.1, -0.05) is 30.9 Å². The molecule has 1 aliphatic heterocycles. The second-order valence-electron chi connectivity index (χ2n) is 8.01. The first kappa shape index (κ1) is 25.7. The Labute approximate surface area is 206 Å². The Balaban J connectivity index is 0.00000341. The van der Waals surface area contributed by atoms with Gasteiger partial charge in [0.2, 0.25) is 5.91 Å². The molecule has 1 unspecified atom stereocenters. The van der Waals surface area contributed by atoms with E-state index in [4.69, 9.17) is 11.6 Å². The average molecular weight is 562 g/mol. The highest BCUT2D eigenvalue weighted by Crippen LogP contribution is 2.26. The van der Waals surface area contributed by atoms with Gasteiger partial charge in [-0.25, -0.2) is 0 Å². The van der Waals surface area contributed by atoms with Gasteiger partial charge < -0.3 is 20.9 Å². The summed E-state index contributed by atoms with van der Waals surface area (Å²) in [5.74, 6) is 1.10. The van der Waals surface area contributed by atoms with Crippen LogP contribution in [-0.2, 0) is 4.79 Å². The van der Waals surface area contributed by atoms with E-state index in [2.05, 4.69) is 20.9 Å². The molecule has 0 spiro atoms. The van der Waals surface area contributed by atoms with E-state index in [1.165, 1.54) is 19.3 Å². The first-order valence-electron chi connectivity index (χ1n) is 10.9. The lowest BCUT2D eigenvalue weighted by atomic mass is 9.88. The molecule has 3 rings (SSSR count). The molecule has 0 aromatic heterocycles. The number of hydrogen-bond donors (Lipinski definition) is 3. The molecule has 1 saturated carbocycles. The number of guanidine groups is 1. The van der Waals surface area contributed by atoms with Crippen LogP contribution in [0.4, 0.5) is 0 Å². The summed E-state index contributed by atoms with van der Waals surface area (Å²) < 4.78 is 0. The second kappa shape index (κ2) is 13.1. The van der Waals surface area contributed by atoms with Gasteiger partial charge in [0.15, 0.2) is 5.96 Å². The Morgan fingerprint density at radius 3 is 2.42 bits per heavy atom. The highest BCUT2D eigenvalue weighted by molar-refractivity contribution is 14.0. The van der Waals surface area contributed by atoms with E-state index in [0.717, 1.165) is 32.4 Å². The summed E-state index contributed by atoms with van der Waals surface area (Å²) in [6.45, 7) is 2.56. The number of nitrogens with one attached hydrogen (secondary N) is 3. The number of rotatable bonds is 6. The van der Waals surface area contributed by atoms with E-state index in [1.807, 2.05) is 4.90 Å². The summed E-state index contributed by atoms with van der Waals surface area (Å²) in [7, 11) is 1.72. The summed E-state index contributed by atoms with van der Waals surface area (Å²) in [4.78, 5) is 31.1. The van der Waals surface area contributed by atoms with Crippen LogP contribution in [0.3, 0.4) is 0 Å². The SMILES string of the molecule is CN=C(NCCNC(=O)c1ccc(Cl)cc1)NC1CCN(C(=O)C2CCCCC2)C1.I. The zero-order valence-electron chi connectivity index (χ0n) is 18.0. The zero-order chi connectivity index (χ0) is 21.3. The maximum atomic E-state index is 12.7. The number of nitrogens with zero attached hydrogens (tertiary/aromatic N) is 2. The second-order valence-corrected chi connectivity index (χ2v) is 8.45. The molecule has 7 nitrogen and oxygen atoms in total. The number of carbonyl (C=O) groups is 2. The standard InChI is InChI=1S/C22H32ClN5O2.HI/c1-24-22(26-13-12-25-20(29)16-7-9-18(23)10-8-16)27-19-11-14-28(15-19)21(30)17-5-3-2-4-6-17;/h7-10,17,19H,2-6,11-15H2,1H3,(H,25,29)(H2,24,26,27);1H. The molecule has 0 bridgehead atoms. The van der Waals surface area contributed by atoms with E-state index in [9.17, 15) is 9.59 Å². The van der Waals surface area contributed by atoms with Crippen LogP contribution in [-0.4, -0.2) is 61.9 Å². The van der Waals surface area contributed by atoms with Crippen LogP contribution in [0.25, 0.3) is 0 Å². The fourth-order valence-electron chi connectivity index (χ4n) is 4.13. The third kappa shape index (κ3) is 7.82. The Kier molecular flexibility index (Phi) is 10.9. The van der Waals surface area contributed by atoms with Gasteiger partial charge in [-0.3, -0.25) is 14.6 Å². The van der Waals surface area contributed by atoms with Gasteiger partial charge in [-0.05, 0) is 43.5 Å². The summed E-state index contributed by atoms with van der Waals surface area (Å²) in [6, 6.07) is 7.00. The van der Waals surface area contributed by atoms with Crippen molar-refractivity contribution in [3.8, 4) is 0 Å². The van der Waals surface area contributed by atoms with Gasteiger partial charge in [-0.2, -0.15) is 0 Å². The maximum absolute atomic E-state index is 12.7. The van der Waals surface area contributed by atoms with Crippen molar-refractivity contribution in [3.05, 3.63) is 34.9 Å². The molecule has 3 N–H and O–H groups in total. The highest BCUT2D eigenvalue weighted by Gasteiger charge is 2.31. The summed E-state index contributed by atoms with van der Waals surface area (Å²) in [5.41, 5.74) is 0.579. The van der Waals surface area contributed by atoms with Crippen molar-refractivity contribution in [2.24, 2.45) is 10.9 Å². The van der Waals surface area contributed by atoms with E-state index in [-0.39, 0.29) is 41.8 Å². The van der Waals surface area contributed by atoms with Crippen LogP contribution < -0.4 is 16.0 Å². The first-order valence-corrected chi connectivity index (χ1v) is 11.2. The predicted octanol–water partition coefficient (Wildman–Crippen LogP) is 3.03. The molecule has 0 radical (unpaired) electrons. The largest absolute Gasteiger partial charge is 0.355 e. The minimum Gasteiger partial charge on any atom is -0.355 e. The van der Waals surface area contributed by atoms with Crippen molar-refractivity contribution in [1.29, 1.82) is 0 Å². The molecular weight excluding hydrogens is 529 g/mol. The molecule has 1 saturated heterocycles. The van der Waals surface area contributed by atoms with Gasteiger partial charge >= 0.3 is 0 Å². The number of halogens is 2. The lowest BCUT2D eigenvalue weighted by molar-refractivity contribution is -0.135. The number of carbonyl (C=O) groups excluding carboxylic acids is 2. The van der Waals surface area contributed by atoms with Crippen molar-refractivity contribution < 1.29 is 9.59 Å². The number of amides is 2. The highest BCUT2D eigenvalue weighted by atomic mass is 127. The third-order valence-electron chi connectivity index (χ3n) is 5.83. The number of aliphatic imine (C=N–C) groups is 1. The van der Waals surface area contributed by atoms with Crippen LogP contribution in [0.2, 0.25) is 5.02 Å². The van der Waals surface area contributed by atoms with Gasteiger partial charge in [0.1, 0.15) is 0 Å². The van der Waals surface area contributed by atoms with Crippen LogP contribution >= 0.6 is 35.6 Å². The van der Waals surface area contributed by atoms with E-state index >= 15 is 0 Å². The molecule has 2 aliphatic rings. The van der Waals surface area contributed by atoms with Crippen LogP contribution in [0.1, 0.15) is 48.9 Å². The molecule has 2 amide bonds. The van der Waals surface area contributed by atoms with Gasteiger partial charge in [0, 0.05) is 55.8 Å². The minimum absolute atomic E-state index is 0. The number of likely N-dealkylation sites (tertiary alicyclic amines) is 1. The molecule has 1 heterocycles. The molecule has 2 fully saturated rings. The van der Waals surface area contributed by atoms with Gasteiger partial charge in [0.05, 0.1) is 0 Å². The Hall–Kier alpha value is -1.55. The quantitative estimate of drug-likeness (QED) is 0.216. The van der Waals surface area contributed by atoms with E-state index in [1.54, 1.807) is 31.3 Å². The van der Waals surface area contributed by atoms with Crippen molar-refractivity contribution >= 4 is 53.4 Å². The van der Waals surface area contributed by atoms with Crippen molar-refractivity contribution in [2.45, 2.75) is 44.6 Å². The molecule has 9 heteroatoms. The zero-order valence-corrected chi connectivity index (χ0v) is 21.1. The van der Waals surface area contributed by atoms with E-state index in [0.29, 0.717) is 35.5 Å². The number of benzene rings is 1. The minimum atomic E-state index is -0.135. The fourth-order valence-corrected chi connectivity index (χ4v) is 4.26. The fraction of sp³-hybridized carbons (Fsp3) is 0.591. The molecule has 172 valence electrons.